The molecule has 29 heavy (non-hydrogen) atoms. The van der Waals surface area contributed by atoms with Gasteiger partial charge < -0.3 is 15.4 Å². The van der Waals surface area contributed by atoms with Crippen molar-refractivity contribution in [3.05, 3.63) is 74.9 Å². The van der Waals surface area contributed by atoms with E-state index in [1.165, 1.54) is 17.7 Å². The largest absolute Gasteiger partial charge is 0.477 e. The summed E-state index contributed by atoms with van der Waals surface area (Å²) in [4.78, 5) is 27.0. The number of nitrogens with one attached hydrogen (secondary N) is 2. The quantitative estimate of drug-likeness (QED) is 0.487. The van der Waals surface area contributed by atoms with Crippen LogP contribution in [0.4, 0.5) is 0 Å². The number of aryl methyl sites for hydroxylation is 1. The highest BCUT2D eigenvalue weighted by atomic mass is 35.5. The van der Waals surface area contributed by atoms with Crippen molar-refractivity contribution in [1.82, 2.24) is 10.3 Å². The Morgan fingerprint density at radius 3 is 2.79 bits per heavy atom. The second kappa shape index (κ2) is 7.93. The standard InChI is InChI=1S/C22H18Cl2N2O3/c23-13-10-16(24)20-15(21(22(28)29)26-18(20)11-13)8-9-19(27)25-17-7-3-5-12-4-1-2-6-14(12)17/h1-2,4,6,8-11,17,26H,3,5,7H2,(H,25,27)(H,28,29)/b9-8+. The second-order valence-electron chi connectivity index (χ2n) is 7.01. The number of aromatic carboxylic acids is 1. The first-order chi connectivity index (χ1) is 13.9. The lowest BCUT2D eigenvalue weighted by atomic mass is 9.88. The van der Waals surface area contributed by atoms with Crippen LogP contribution in [0.1, 0.15) is 46.1 Å². The number of carbonyl (C=O) groups is 2. The van der Waals surface area contributed by atoms with E-state index in [1.807, 2.05) is 18.2 Å². The monoisotopic (exact) mass is 428 g/mol. The molecule has 1 aliphatic rings. The minimum absolute atomic E-state index is 0.0452. The number of halogens is 2. The Morgan fingerprint density at radius 1 is 1.21 bits per heavy atom. The maximum Gasteiger partial charge on any atom is 0.352 e. The van der Waals surface area contributed by atoms with Crippen molar-refractivity contribution >= 4 is 52.1 Å². The Balaban J connectivity index is 1.63. The molecule has 3 aromatic rings. The summed E-state index contributed by atoms with van der Waals surface area (Å²) in [5, 5.41) is 13.8. The molecule has 0 radical (unpaired) electrons. The van der Waals surface area contributed by atoms with Crippen molar-refractivity contribution in [2.24, 2.45) is 0 Å². The molecule has 0 saturated carbocycles. The molecular formula is C22H18Cl2N2O3. The van der Waals surface area contributed by atoms with E-state index in [2.05, 4.69) is 16.4 Å². The molecule has 1 aliphatic carbocycles. The van der Waals surface area contributed by atoms with E-state index in [4.69, 9.17) is 23.2 Å². The molecule has 5 nitrogen and oxygen atoms in total. The van der Waals surface area contributed by atoms with Crippen molar-refractivity contribution in [2.45, 2.75) is 25.3 Å². The van der Waals surface area contributed by atoms with Crippen molar-refractivity contribution < 1.29 is 14.7 Å². The van der Waals surface area contributed by atoms with Gasteiger partial charge in [-0.05, 0) is 48.6 Å². The fourth-order valence-corrected chi connectivity index (χ4v) is 4.49. The Labute approximate surface area is 177 Å². The van der Waals surface area contributed by atoms with Gasteiger partial charge in [0.05, 0.1) is 11.1 Å². The summed E-state index contributed by atoms with van der Waals surface area (Å²) in [5.41, 5.74) is 3.18. The molecule has 1 unspecified atom stereocenters. The lowest BCUT2D eigenvalue weighted by Crippen LogP contribution is -2.29. The Morgan fingerprint density at radius 2 is 2.00 bits per heavy atom. The number of carboxylic acid groups (broad SMARTS) is 1. The number of benzene rings is 2. The summed E-state index contributed by atoms with van der Waals surface area (Å²) in [6.07, 6.45) is 5.71. The lowest BCUT2D eigenvalue weighted by Gasteiger charge is -2.25. The van der Waals surface area contributed by atoms with Crippen molar-refractivity contribution in [1.29, 1.82) is 0 Å². The van der Waals surface area contributed by atoms with Gasteiger partial charge in [-0.2, -0.15) is 0 Å². The molecule has 1 atom stereocenters. The summed E-state index contributed by atoms with van der Waals surface area (Å²) in [6.45, 7) is 0. The van der Waals surface area contributed by atoms with Crippen molar-refractivity contribution in [3.63, 3.8) is 0 Å². The topological polar surface area (TPSA) is 82.2 Å². The summed E-state index contributed by atoms with van der Waals surface area (Å²) in [5.74, 6) is -1.43. The van der Waals surface area contributed by atoms with Crippen LogP contribution in [0, 0.1) is 0 Å². The number of carboxylic acids is 1. The Hall–Kier alpha value is -2.76. The zero-order valence-electron chi connectivity index (χ0n) is 15.3. The van der Waals surface area contributed by atoms with Gasteiger partial charge in [0.25, 0.3) is 0 Å². The van der Waals surface area contributed by atoms with Crippen molar-refractivity contribution in [3.8, 4) is 0 Å². The number of H-pyrrole nitrogens is 1. The van der Waals surface area contributed by atoms with Gasteiger partial charge in [-0.25, -0.2) is 4.79 Å². The predicted octanol–water partition coefficient (Wildman–Crippen LogP) is 5.38. The molecule has 3 N–H and O–H groups in total. The molecule has 1 heterocycles. The zero-order chi connectivity index (χ0) is 20.5. The highest BCUT2D eigenvalue weighted by Gasteiger charge is 2.21. The van der Waals surface area contributed by atoms with E-state index in [0.717, 1.165) is 24.8 Å². The molecule has 148 valence electrons. The van der Waals surface area contributed by atoms with Gasteiger partial charge >= 0.3 is 5.97 Å². The third kappa shape index (κ3) is 3.88. The highest BCUT2D eigenvalue weighted by molar-refractivity contribution is 6.39. The van der Waals surface area contributed by atoms with E-state index < -0.39 is 5.97 Å². The maximum atomic E-state index is 12.6. The highest BCUT2D eigenvalue weighted by Crippen LogP contribution is 2.33. The first-order valence-electron chi connectivity index (χ1n) is 9.24. The van der Waals surface area contributed by atoms with Crippen LogP contribution >= 0.6 is 23.2 Å². The van der Waals surface area contributed by atoms with E-state index >= 15 is 0 Å². The number of carbonyl (C=O) groups excluding carboxylic acids is 1. The van der Waals surface area contributed by atoms with Crippen LogP contribution in [0.15, 0.2) is 42.5 Å². The minimum Gasteiger partial charge on any atom is -0.477 e. The van der Waals surface area contributed by atoms with Gasteiger partial charge in [0, 0.05) is 27.6 Å². The van der Waals surface area contributed by atoms with Crippen LogP contribution in [0.5, 0.6) is 0 Å². The van der Waals surface area contributed by atoms with E-state index in [9.17, 15) is 14.7 Å². The average Bonchev–Trinajstić information content (AvgIpc) is 3.05. The van der Waals surface area contributed by atoms with Gasteiger partial charge in [0.2, 0.25) is 5.91 Å². The second-order valence-corrected chi connectivity index (χ2v) is 7.86. The molecular weight excluding hydrogens is 411 g/mol. The van der Waals surface area contributed by atoms with Crippen LogP contribution in [0.3, 0.4) is 0 Å². The zero-order valence-corrected chi connectivity index (χ0v) is 16.8. The number of hydrogen-bond donors (Lipinski definition) is 3. The third-order valence-corrected chi connectivity index (χ3v) is 5.67. The summed E-state index contributed by atoms with van der Waals surface area (Å²) in [6, 6.07) is 11.2. The van der Waals surface area contributed by atoms with Gasteiger partial charge in [0.1, 0.15) is 5.69 Å². The Kier molecular flexibility index (Phi) is 5.35. The maximum absolute atomic E-state index is 12.6. The van der Waals surface area contributed by atoms with E-state index in [0.29, 0.717) is 26.5 Å². The molecule has 0 bridgehead atoms. The van der Waals surface area contributed by atoms with Gasteiger partial charge in [-0.3, -0.25) is 4.79 Å². The summed E-state index contributed by atoms with van der Waals surface area (Å²) < 4.78 is 0. The predicted molar refractivity (Wildman–Crippen MR) is 115 cm³/mol. The fraction of sp³-hybridized carbons (Fsp3) is 0.182. The minimum atomic E-state index is -1.14. The number of fused-ring (bicyclic) bond motifs is 2. The Bertz CT molecular complexity index is 1150. The van der Waals surface area contributed by atoms with Crippen LogP contribution in [0.2, 0.25) is 10.0 Å². The van der Waals surface area contributed by atoms with Crippen LogP contribution in [0.25, 0.3) is 17.0 Å². The van der Waals surface area contributed by atoms with Crippen LogP contribution in [-0.2, 0) is 11.2 Å². The number of rotatable bonds is 4. The smallest absolute Gasteiger partial charge is 0.352 e. The fourth-order valence-electron chi connectivity index (χ4n) is 3.89. The molecule has 1 amide bonds. The van der Waals surface area contributed by atoms with Gasteiger partial charge in [0.15, 0.2) is 0 Å². The number of aromatic nitrogens is 1. The van der Waals surface area contributed by atoms with Gasteiger partial charge in [-0.15, -0.1) is 0 Å². The first kappa shape index (κ1) is 19.6. The van der Waals surface area contributed by atoms with Gasteiger partial charge in [-0.1, -0.05) is 47.5 Å². The number of aromatic amines is 1. The molecule has 7 heteroatoms. The molecule has 1 aromatic heterocycles. The molecule has 0 aliphatic heterocycles. The first-order valence-corrected chi connectivity index (χ1v) is 10.00. The van der Waals surface area contributed by atoms with Crippen LogP contribution < -0.4 is 5.32 Å². The molecule has 0 saturated heterocycles. The average molecular weight is 429 g/mol. The molecule has 2 aromatic carbocycles. The van der Waals surface area contributed by atoms with E-state index in [-0.39, 0.29) is 17.6 Å². The van der Waals surface area contributed by atoms with Crippen molar-refractivity contribution in [2.75, 3.05) is 0 Å². The lowest BCUT2D eigenvalue weighted by molar-refractivity contribution is -0.117. The molecule has 4 rings (SSSR count). The summed E-state index contributed by atoms with van der Waals surface area (Å²) >= 11 is 12.3. The third-order valence-electron chi connectivity index (χ3n) is 5.15. The molecule has 0 fully saturated rings. The molecule has 0 spiro atoms. The van der Waals surface area contributed by atoms with E-state index in [1.54, 1.807) is 12.1 Å². The van der Waals surface area contributed by atoms with Crippen LogP contribution in [-0.4, -0.2) is 22.0 Å². The number of amides is 1. The normalized spacial score (nSPS) is 16.1. The summed E-state index contributed by atoms with van der Waals surface area (Å²) in [7, 11) is 0. The number of hydrogen-bond acceptors (Lipinski definition) is 2. The SMILES string of the molecule is O=C(/C=C/c1c(C(=O)O)[nH]c2cc(Cl)cc(Cl)c12)NC1CCCc2ccccc21.